The van der Waals surface area contributed by atoms with Crippen LogP contribution in [-0.4, -0.2) is 24.8 Å². The molecule has 1 atom stereocenters. The van der Waals surface area contributed by atoms with E-state index in [1.54, 1.807) is 0 Å². The van der Waals surface area contributed by atoms with Gasteiger partial charge in [0.05, 0.1) is 17.3 Å². The topological polar surface area (TPSA) is 54.5 Å². The third-order valence-corrected chi connectivity index (χ3v) is 5.85. The highest BCUT2D eigenvalue weighted by atomic mass is 16.2. The summed E-state index contributed by atoms with van der Waals surface area (Å²) in [7, 11) is 0.540. The molecule has 1 unspecified atom stereocenters. The van der Waals surface area contributed by atoms with Gasteiger partial charge in [0.2, 0.25) is 19.1 Å². The third kappa shape index (κ3) is 4.33. The van der Waals surface area contributed by atoms with E-state index in [1.165, 1.54) is 4.90 Å². The largest absolute Gasteiger partial charge is 0.311 e. The number of hydrogen-bond donors (Lipinski definition) is 0. The number of carbonyl (C=O) groups excluding carboxylic acids is 3. The summed E-state index contributed by atoms with van der Waals surface area (Å²) in [6, 6.07) is 7.66. The maximum Gasteiger partial charge on any atom is 0.237 e. The minimum absolute atomic E-state index is 0.100. The van der Waals surface area contributed by atoms with Gasteiger partial charge in [-0.25, -0.2) is 0 Å². The van der Waals surface area contributed by atoms with Crippen LogP contribution in [0.5, 0.6) is 0 Å². The first-order chi connectivity index (χ1) is 12.4. The molecule has 146 valence electrons. The Morgan fingerprint density at radius 1 is 1.15 bits per heavy atom. The molecule has 2 rings (SSSR count). The fourth-order valence-corrected chi connectivity index (χ4v) is 4.29. The second-order valence-corrected chi connectivity index (χ2v) is 9.39. The van der Waals surface area contributed by atoms with Crippen molar-refractivity contribution in [1.29, 1.82) is 0 Å². The first-order valence-electron chi connectivity index (χ1n) is 9.91. The molecular weight excluding hydrogens is 337 g/mol. The van der Waals surface area contributed by atoms with Crippen LogP contribution in [0.1, 0.15) is 59.9 Å². The van der Waals surface area contributed by atoms with Crippen molar-refractivity contribution in [3.8, 4) is 0 Å². The van der Waals surface area contributed by atoms with Crippen molar-refractivity contribution in [3.63, 3.8) is 0 Å². The van der Waals surface area contributed by atoms with E-state index in [0.717, 1.165) is 12.0 Å². The highest BCUT2D eigenvalue weighted by Gasteiger charge is 2.41. The number of nitrogens with zero attached hydrogens (tertiary/aromatic N) is 1. The Labute approximate surface area is 163 Å². The number of hydrogen-bond acceptors (Lipinski definition) is 3. The first-order valence-corrected chi connectivity index (χ1v) is 9.91. The molecule has 0 radical (unpaired) electrons. The summed E-state index contributed by atoms with van der Waals surface area (Å²) in [6.07, 6.45) is 1.03. The van der Waals surface area contributed by atoms with Crippen LogP contribution >= 0.6 is 0 Å². The Kier molecular flexibility index (Phi) is 6.03. The maximum atomic E-state index is 12.6. The predicted molar refractivity (Wildman–Crippen MR) is 111 cm³/mol. The van der Waals surface area contributed by atoms with E-state index in [9.17, 15) is 14.4 Å². The van der Waals surface area contributed by atoms with Crippen molar-refractivity contribution in [2.75, 3.05) is 4.90 Å². The van der Waals surface area contributed by atoms with Crippen LogP contribution in [0.2, 0.25) is 6.82 Å². The molecule has 1 fully saturated rings. The van der Waals surface area contributed by atoms with Crippen molar-refractivity contribution in [2.24, 2.45) is 17.3 Å². The molecule has 0 bridgehead atoms. The molecule has 1 heterocycles. The predicted octanol–water partition coefficient (Wildman–Crippen LogP) is 3.93. The molecule has 1 saturated heterocycles. The molecule has 0 N–H and O–H groups in total. The van der Waals surface area contributed by atoms with E-state index in [0.29, 0.717) is 13.0 Å². The van der Waals surface area contributed by atoms with Gasteiger partial charge in [-0.15, -0.1) is 0 Å². The van der Waals surface area contributed by atoms with Gasteiger partial charge in [-0.05, 0) is 35.4 Å². The normalized spacial score (nSPS) is 18.4. The lowest BCUT2D eigenvalue weighted by Gasteiger charge is -2.34. The Bertz CT molecular complexity index is 734. The zero-order valence-corrected chi connectivity index (χ0v) is 17.8. The van der Waals surface area contributed by atoms with Crippen LogP contribution in [0.4, 0.5) is 5.69 Å². The van der Waals surface area contributed by atoms with Gasteiger partial charge < -0.3 is 4.79 Å². The van der Waals surface area contributed by atoms with E-state index < -0.39 is 0 Å². The monoisotopic (exact) mass is 369 g/mol. The summed E-state index contributed by atoms with van der Waals surface area (Å²) in [4.78, 5) is 38.5. The quantitative estimate of drug-likeness (QED) is 0.541. The van der Waals surface area contributed by atoms with E-state index in [-0.39, 0.29) is 46.6 Å². The highest BCUT2D eigenvalue weighted by molar-refractivity contribution is 6.73. The van der Waals surface area contributed by atoms with Crippen LogP contribution in [-0.2, 0) is 19.8 Å². The van der Waals surface area contributed by atoms with Gasteiger partial charge >= 0.3 is 0 Å². The smallest absolute Gasteiger partial charge is 0.237 e. The Hall–Kier alpha value is -1.91. The number of benzene rings is 1. The van der Waals surface area contributed by atoms with Crippen LogP contribution in [0.25, 0.3) is 0 Å². The molecule has 2 amide bonds. The van der Waals surface area contributed by atoms with E-state index in [1.807, 2.05) is 58.8 Å². The molecule has 0 aromatic heterocycles. The lowest BCUT2D eigenvalue weighted by Crippen LogP contribution is -2.35. The van der Waals surface area contributed by atoms with Gasteiger partial charge in [0.25, 0.3) is 0 Å². The van der Waals surface area contributed by atoms with E-state index in [2.05, 4.69) is 13.8 Å². The minimum Gasteiger partial charge on any atom is -0.311 e. The Morgan fingerprint density at radius 2 is 1.70 bits per heavy atom. The zero-order valence-electron chi connectivity index (χ0n) is 17.8. The zero-order chi connectivity index (χ0) is 20.6. The van der Waals surface area contributed by atoms with Crippen molar-refractivity contribution in [1.82, 2.24) is 0 Å². The van der Waals surface area contributed by atoms with Gasteiger partial charge in [0.15, 0.2) is 0 Å². The second kappa shape index (κ2) is 7.61. The van der Waals surface area contributed by atoms with Gasteiger partial charge in [-0.2, -0.15) is 0 Å². The van der Waals surface area contributed by atoms with Gasteiger partial charge in [-0.1, -0.05) is 60.5 Å². The SMILES string of the molecule is CBC(=O)C(C)(C)CC(C)(C)c1ccc(N2C(=O)CC(C(C)C)C2=O)cc1. The van der Waals surface area contributed by atoms with Crippen molar-refractivity contribution in [2.45, 2.75) is 66.6 Å². The standard InChI is InChI=1S/C22H32BNO3/c1-14(2)17-12-18(25)24(19(17)26)16-10-8-15(9-11-16)21(3,4)13-22(5,6)20(27)23-7/h8-11,14,17,23H,12-13H2,1-7H3. The molecule has 0 saturated carbocycles. The molecule has 1 aromatic carbocycles. The van der Waals surface area contributed by atoms with Gasteiger partial charge in [0, 0.05) is 11.8 Å². The molecule has 5 heteroatoms. The number of imide groups is 1. The van der Waals surface area contributed by atoms with Crippen molar-refractivity contribution < 1.29 is 14.4 Å². The molecule has 27 heavy (non-hydrogen) atoms. The first kappa shape index (κ1) is 21.4. The summed E-state index contributed by atoms with van der Waals surface area (Å²) in [5, 5.41) is 0. The summed E-state index contributed by atoms with van der Waals surface area (Å²) in [5.41, 5.74) is 1.42. The van der Waals surface area contributed by atoms with Crippen LogP contribution < -0.4 is 4.90 Å². The number of amides is 2. The summed E-state index contributed by atoms with van der Waals surface area (Å²) < 4.78 is 0. The van der Waals surface area contributed by atoms with Crippen LogP contribution in [0, 0.1) is 17.3 Å². The fourth-order valence-electron chi connectivity index (χ4n) is 4.29. The van der Waals surface area contributed by atoms with Gasteiger partial charge in [0.1, 0.15) is 0 Å². The molecular formula is C22H32BNO3. The average Bonchev–Trinajstić information content (AvgIpc) is 2.88. The molecule has 1 aromatic rings. The lowest BCUT2D eigenvalue weighted by atomic mass is 9.59. The summed E-state index contributed by atoms with van der Waals surface area (Å²) >= 11 is 0. The maximum absolute atomic E-state index is 12.6. The van der Waals surface area contributed by atoms with E-state index in [4.69, 9.17) is 0 Å². The average molecular weight is 369 g/mol. The number of rotatable bonds is 7. The molecule has 0 aliphatic carbocycles. The Morgan fingerprint density at radius 3 is 2.15 bits per heavy atom. The Balaban J connectivity index is 2.23. The molecule has 0 spiro atoms. The molecule has 1 aliphatic rings. The lowest BCUT2D eigenvalue weighted by molar-refractivity contribution is -0.123. The van der Waals surface area contributed by atoms with Gasteiger partial charge in [-0.3, -0.25) is 14.5 Å². The van der Waals surface area contributed by atoms with Crippen LogP contribution in [0.15, 0.2) is 24.3 Å². The number of anilines is 1. The third-order valence-electron chi connectivity index (χ3n) is 5.85. The highest BCUT2D eigenvalue weighted by Crippen LogP contribution is 2.38. The number of carbonyl (C=O) groups is 3. The molecule has 4 nitrogen and oxygen atoms in total. The second-order valence-electron chi connectivity index (χ2n) is 9.39. The summed E-state index contributed by atoms with van der Waals surface area (Å²) in [5.74, 6) is -0.297. The fraction of sp³-hybridized carbons (Fsp3) is 0.591. The molecule has 1 aliphatic heterocycles. The van der Waals surface area contributed by atoms with Crippen LogP contribution in [0.3, 0.4) is 0 Å². The minimum atomic E-state index is -0.387. The van der Waals surface area contributed by atoms with Crippen molar-refractivity contribution >= 4 is 30.5 Å². The van der Waals surface area contributed by atoms with Crippen molar-refractivity contribution in [3.05, 3.63) is 29.8 Å². The summed E-state index contributed by atoms with van der Waals surface area (Å²) in [6.45, 7) is 14.1. The van der Waals surface area contributed by atoms with E-state index >= 15 is 0 Å².